The summed E-state index contributed by atoms with van der Waals surface area (Å²) in [6.07, 6.45) is 0. The maximum atomic E-state index is 13.5. The number of hydrogen-bond acceptors (Lipinski definition) is 1. The first-order valence-corrected chi connectivity index (χ1v) is 7.24. The van der Waals surface area contributed by atoms with E-state index in [1.54, 1.807) is 6.07 Å². The molecule has 19 heavy (non-hydrogen) atoms. The smallest absolute Gasteiger partial charge is 0.139 e. The van der Waals surface area contributed by atoms with Gasteiger partial charge in [-0.3, -0.25) is 0 Å². The maximum Gasteiger partial charge on any atom is 0.139 e. The van der Waals surface area contributed by atoms with Crippen LogP contribution in [-0.2, 0) is 0 Å². The van der Waals surface area contributed by atoms with E-state index in [0.717, 1.165) is 26.9 Å². The van der Waals surface area contributed by atoms with E-state index < -0.39 is 0 Å². The molecule has 0 aliphatic rings. The molecule has 0 bridgehead atoms. The molecular weight excluding hydrogens is 375 g/mol. The summed E-state index contributed by atoms with van der Waals surface area (Å²) in [7, 11) is 0. The minimum atomic E-state index is -0.298. The summed E-state index contributed by atoms with van der Waals surface area (Å²) in [5.74, 6) is 0.444. The maximum absolute atomic E-state index is 13.5. The van der Waals surface area contributed by atoms with Crippen LogP contribution >= 0.6 is 31.9 Å². The average Bonchev–Trinajstić information content (AvgIpc) is 2.75. The van der Waals surface area contributed by atoms with Crippen molar-refractivity contribution in [1.29, 1.82) is 0 Å². The summed E-state index contributed by atoms with van der Waals surface area (Å²) in [5, 5.41) is 0. The number of benzene rings is 2. The number of fused-ring (bicyclic) bond motifs is 1. The summed E-state index contributed by atoms with van der Waals surface area (Å²) < 4.78 is 14.9. The third-order valence-electron chi connectivity index (χ3n) is 2.98. The van der Waals surface area contributed by atoms with Gasteiger partial charge in [-0.05, 0) is 46.6 Å². The van der Waals surface area contributed by atoms with Crippen molar-refractivity contribution < 1.29 is 4.39 Å². The van der Waals surface area contributed by atoms with Crippen molar-refractivity contribution in [3.8, 4) is 11.4 Å². The first-order valence-electron chi connectivity index (χ1n) is 5.66. The second-order valence-corrected chi connectivity index (χ2v) is 6.10. The number of hydrogen-bond donors (Lipinski definition) is 1. The van der Waals surface area contributed by atoms with Gasteiger partial charge in [0.05, 0.1) is 15.5 Å². The minimum absolute atomic E-state index is 0.298. The lowest BCUT2D eigenvalue weighted by Crippen LogP contribution is -1.85. The van der Waals surface area contributed by atoms with Crippen molar-refractivity contribution >= 4 is 42.9 Å². The summed E-state index contributed by atoms with van der Waals surface area (Å²) in [4.78, 5) is 7.67. The van der Waals surface area contributed by atoms with Gasteiger partial charge in [0.1, 0.15) is 11.6 Å². The summed E-state index contributed by atoms with van der Waals surface area (Å²) in [6, 6.07) is 9.13. The molecular formula is C14H9Br2FN2. The normalized spacial score (nSPS) is 11.2. The van der Waals surface area contributed by atoms with Crippen molar-refractivity contribution in [2.75, 3.05) is 0 Å². The highest BCUT2D eigenvalue weighted by atomic mass is 79.9. The average molecular weight is 384 g/mol. The van der Waals surface area contributed by atoms with Crippen LogP contribution in [0.1, 0.15) is 5.56 Å². The van der Waals surface area contributed by atoms with Crippen molar-refractivity contribution in [3.05, 3.63) is 50.7 Å². The van der Waals surface area contributed by atoms with Crippen LogP contribution in [0.2, 0.25) is 0 Å². The minimum Gasteiger partial charge on any atom is -0.338 e. The van der Waals surface area contributed by atoms with Crippen LogP contribution in [0.5, 0.6) is 0 Å². The molecule has 0 saturated heterocycles. The number of H-pyrrole nitrogens is 1. The van der Waals surface area contributed by atoms with E-state index in [9.17, 15) is 4.39 Å². The van der Waals surface area contributed by atoms with Gasteiger partial charge in [-0.1, -0.05) is 22.0 Å². The Bertz CT molecular complexity index is 741. The van der Waals surface area contributed by atoms with Crippen LogP contribution < -0.4 is 0 Å². The number of aromatic amines is 1. The number of rotatable bonds is 1. The van der Waals surface area contributed by atoms with Crippen LogP contribution in [0, 0.1) is 12.7 Å². The standard InChI is InChI=1S/C14H9Br2FN2/c1-7-2-3-8(15)4-9(7)14-18-12-5-10(16)11(17)6-13(12)19-14/h2-6H,1H3,(H,18,19). The van der Waals surface area contributed by atoms with E-state index in [1.807, 2.05) is 25.1 Å². The van der Waals surface area contributed by atoms with Gasteiger partial charge in [0, 0.05) is 16.1 Å². The molecule has 0 radical (unpaired) electrons. The zero-order chi connectivity index (χ0) is 13.6. The molecule has 1 aromatic heterocycles. The summed E-state index contributed by atoms with van der Waals surface area (Å²) >= 11 is 6.62. The van der Waals surface area contributed by atoms with Crippen LogP contribution in [0.3, 0.4) is 0 Å². The van der Waals surface area contributed by atoms with Crippen molar-refractivity contribution in [2.45, 2.75) is 6.92 Å². The highest BCUT2D eigenvalue weighted by molar-refractivity contribution is 9.10. The summed E-state index contributed by atoms with van der Waals surface area (Å²) in [6.45, 7) is 2.02. The zero-order valence-electron chi connectivity index (χ0n) is 9.97. The Morgan fingerprint density at radius 2 is 1.95 bits per heavy atom. The van der Waals surface area contributed by atoms with Crippen LogP contribution in [-0.4, -0.2) is 9.97 Å². The Kier molecular flexibility index (Phi) is 3.19. The first kappa shape index (κ1) is 12.8. The third-order valence-corrected chi connectivity index (χ3v) is 4.08. The van der Waals surface area contributed by atoms with Gasteiger partial charge in [-0.25, -0.2) is 9.37 Å². The largest absolute Gasteiger partial charge is 0.338 e. The fraction of sp³-hybridized carbons (Fsp3) is 0.0714. The Morgan fingerprint density at radius 3 is 2.74 bits per heavy atom. The molecule has 0 aliphatic carbocycles. The van der Waals surface area contributed by atoms with Gasteiger partial charge >= 0.3 is 0 Å². The molecule has 0 spiro atoms. The lowest BCUT2D eigenvalue weighted by molar-refractivity contribution is 0.623. The molecule has 2 nitrogen and oxygen atoms in total. The van der Waals surface area contributed by atoms with Gasteiger partial charge in [-0.15, -0.1) is 0 Å². The lowest BCUT2D eigenvalue weighted by Gasteiger charge is -2.02. The van der Waals surface area contributed by atoms with Gasteiger partial charge < -0.3 is 4.98 Å². The highest BCUT2D eigenvalue weighted by Crippen LogP contribution is 2.28. The molecule has 2 aromatic carbocycles. The Hall–Kier alpha value is -1.20. The second-order valence-electron chi connectivity index (χ2n) is 4.33. The second kappa shape index (κ2) is 4.72. The van der Waals surface area contributed by atoms with Crippen LogP contribution in [0.15, 0.2) is 39.3 Å². The predicted molar refractivity (Wildman–Crippen MR) is 81.6 cm³/mol. The van der Waals surface area contributed by atoms with Crippen LogP contribution in [0.4, 0.5) is 4.39 Å². The quantitative estimate of drug-likeness (QED) is 0.614. The SMILES string of the molecule is Cc1ccc(Br)cc1-c1nc2cc(Br)c(F)cc2[nH]1. The van der Waals surface area contributed by atoms with Crippen molar-refractivity contribution in [1.82, 2.24) is 9.97 Å². The fourth-order valence-electron chi connectivity index (χ4n) is 1.98. The van der Waals surface area contributed by atoms with Gasteiger partial charge in [0.25, 0.3) is 0 Å². The number of halogens is 3. The molecule has 0 aliphatic heterocycles. The van der Waals surface area contributed by atoms with Crippen molar-refractivity contribution in [2.24, 2.45) is 0 Å². The monoisotopic (exact) mass is 382 g/mol. The molecule has 1 heterocycles. The van der Waals surface area contributed by atoms with E-state index in [2.05, 4.69) is 41.8 Å². The topological polar surface area (TPSA) is 28.7 Å². The Labute approximate surface area is 126 Å². The third kappa shape index (κ3) is 2.32. The summed E-state index contributed by atoms with van der Waals surface area (Å²) in [5.41, 5.74) is 3.54. The molecule has 0 amide bonds. The fourth-order valence-corrected chi connectivity index (χ4v) is 2.67. The number of nitrogens with one attached hydrogen (secondary N) is 1. The zero-order valence-corrected chi connectivity index (χ0v) is 13.1. The Morgan fingerprint density at radius 1 is 1.16 bits per heavy atom. The lowest BCUT2D eigenvalue weighted by atomic mass is 10.1. The number of aryl methyl sites for hydroxylation is 1. The molecule has 0 atom stereocenters. The number of nitrogens with zero attached hydrogens (tertiary/aromatic N) is 1. The molecule has 5 heteroatoms. The van der Waals surface area contributed by atoms with E-state index in [-0.39, 0.29) is 5.82 Å². The molecule has 0 unspecified atom stereocenters. The number of imidazole rings is 1. The number of aromatic nitrogens is 2. The van der Waals surface area contributed by atoms with Crippen molar-refractivity contribution in [3.63, 3.8) is 0 Å². The molecule has 96 valence electrons. The first-order chi connectivity index (χ1) is 9.04. The molecule has 1 N–H and O–H groups in total. The predicted octanol–water partition coefficient (Wildman–Crippen LogP) is 5.20. The molecule has 0 fully saturated rings. The van der Waals surface area contributed by atoms with Gasteiger partial charge in [0.2, 0.25) is 0 Å². The van der Waals surface area contributed by atoms with Gasteiger partial charge in [0.15, 0.2) is 0 Å². The van der Waals surface area contributed by atoms with E-state index in [4.69, 9.17) is 0 Å². The highest BCUT2D eigenvalue weighted by Gasteiger charge is 2.10. The Balaban J connectivity index is 2.23. The van der Waals surface area contributed by atoms with E-state index in [1.165, 1.54) is 6.07 Å². The van der Waals surface area contributed by atoms with E-state index >= 15 is 0 Å². The molecule has 3 rings (SSSR count). The van der Waals surface area contributed by atoms with Crippen LogP contribution in [0.25, 0.3) is 22.4 Å². The van der Waals surface area contributed by atoms with E-state index in [0.29, 0.717) is 9.99 Å². The molecule has 0 saturated carbocycles. The van der Waals surface area contributed by atoms with Gasteiger partial charge in [-0.2, -0.15) is 0 Å². The molecule has 3 aromatic rings.